The molecule has 1 aliphatic rings. The van der Waals surface area contributed by atoms with E-state index in [9.17, 15) is 4.79 Å². The molecular formula is C15H19NO. The Bertz CT molecular complexity index is 471. The van der Waals surface area contributed by atoms with Crippen LogP contribution in [0, 0.1) is 5.41 Å². The molecule has 0 amide bonds. The second kappa shape index (κ2) is 4.11. The second-order valence-corrected chi connectivity index (χ2v) is 5.49. The van der Waals surface area contributed by atoms with Crippen LogP contribution in [-0.4, -0.2) is 11.8 Å². The molecule has 0 saturated carbocycles. The first-order chi connectivity index (χ1) is 7.93. The standard InChI is InChI=1S/C15H19NO/c1-10-13(11-7-5-4-6-8-11)12(17)9-15(2,3)14(10)16/h4-8,14H,9,16H2,1-3H3. The van der Waals surface area contributed by atoms with Crippen LogP contribution in [0.3, 0.4) is 0 Å². The van der Waals surface area contributed by atoms with Crippen LogP contribution in [0.4, 0.5) is 0 Å². The molecule has 2 N–H and O–H groups in total. The molecule has 0 bridgehead atoms. The van der Waals surface area contributed by atoms with E-state index in [1.54, 1.807) is 0 Å². The average Bonchev–Trinajstić information content (AvgIpc) is 2.27. The molecule has 2 heteroatoms. The van der Waals surface area contributed by atoms with Gasteiger partial charge in [-0.05, 0) is 23.5 Å². The molecule has 0 heterocycles. The Kier molecular flexibility index (Phi) is 2.92. The molecule has 17 heavy (non-hydrogen) atoms. The van der Waals surface area contributed by atoms with E-state index in [2.05, 4.69) is 13.8 Å². The number of allylic oxidation sites excluding steroid dienone is 1. The number of carbonyl (C=O) groups is 1. The highest BCUT2D eigenvalue weighted by molar-refractivity contribution is 6.22. The molecule has 0 aromatic heterocycles. The zero-order chi connectivity index (χ0) is 12.6. The largest absolute Gasteiger partial charge is 0.324 e. The highest BCUT2D eigenvalue weighted by Gasteiger charge is 2.37. The summed E-state index contributed by atoms with van der Waals surface area (Å²) in [4.78, 5) is 12.3. The fraction of sp³-hybridized carbons (Fsp3) is 0.400. The summed E-state index contributed by atoms with van der Waals surface area (Å²) in [6.45, 7) is 6.09. The minimum Gasteiger partial charge on any atom is -0.324 e. The number of carbonyl (C=O) groups excluding carboxylic acids is 1. The summed E-state index contributed by atoms with van der Waals surface area (Å²) in [6, 6.07) is 9.76. The summed E-state index contributed by atoms with van der Waals surface area (Å²) in [5, 5.41) is 0. The van der Waals surface area contributed by atoms with Crippen LogP contribution in [0.2, 0.25) is 0 Å². The van der Waals surface area contributed by atoms with Gasteiger partial charge in [-0.15, -0.1) is 0 Å². The summed E-state index contributed by atoms with van der Waals surface area (Å²) in [5.74, 6) is 0.209. The minimum atomic E-state index is -0.139. The van der Waals surface area contributed by atoms with Crippen molar-refractivity contribution >= 4 is 11.4 Å². The smallest absolute Gasteiger partial charge is 0.164 e. The molecule has 0 saturated heterocycles. The molecule has 0 aliphatic heterocycles. The summed E-state index contributed by atoms with van der Waals surface area (Å²) in [6.07, 6.45) is 0.524. The quantitative estimate of drug-likeness (QED) is 0.804. The SMILES string of the molecule is CC1=C(c2ccccc2)C(=O)CC(C)(C)C1N. The molecule has 2 rings (SSSR count). The molecule has 2 nitrogen and oxygen atoms in total. The van der Waals surface area contributed by atoms with Gasteiger partial charge in [0.25, 0.3) is 0 Å². The normalized spacial score (nSPS) is 24.0. The molecule has 1 aromatic rings. The Hall–Kier alpha value is -1.41. The lowest BCUT2D eigenvalue weighted by Gasteiger charge is -2.37. The number of Topliss-reactive ketones (excluding diaryl/α,β-unsaturated/α-hetero) is 1. The average molecular weight is 229 g/mol. The van der Waals surface area contributed by atoms with Gasteiger partial charge in [-0.1, -0.05) is 44.2 Å². The predicted octanol–water partition coefficient (Wildman–Crippen LogP) is 2.79. The molecule has 1 atom stereocenters. The van der Waals surface area contributed by atoms with E-state index in [1.807, 2.05) is 37.3 Å². The summed E-state index contributed by atoms with van der Waals surface area (Å²) >= 11 is 0. The lowest BCUT2D eigenvalue weighted by Crippen LogP contribution is -2.44. The number of benzene rings is 1. The monoisotopic (exact) mass is 229 g/mol. The van der Waals surface area contributed by atoms with Crippen LogP contribution in [0.25, 0.3) is 5.57 Å². The fourth-order valence-corrected chi connectivity index (χ4v) is 2.57. The number of rotatable bonds is 1. The van der Waals surface area contributed by atoms with E-state index in [1.165, 1.54) is 0 Å². The molecule has 0 spiro atoms. The molecule has 0 radical (unpaired) electrons. The van der Waals surface area contributed by atoms with Gasteiger partial charge in [0.2, 0.25) is 0 Å². The van der Waals surface area contributed by atoms with Gasteiger partial charge in [0.05, 0.1) is 0 Å². The molecule has 90 valence electrons. The first-order valence-corrected chi connectivity index (χ1v) is 5.98. The van der Waals surface area contributed by atoms with Gasteiger partial charge in [-0.25, -0.2) is 0 Å². The lowest BCUT2D eigenvalue weighted by molar-refractivity contribution is -0.116. The van der Waals surface area contributed by atoms with E-state index >= 15 is 0 Å². The lowest BCUT2D eigenvalue weighted by atomic mass is 9.69. The van der Waals surface area contributed by atoms with Crippen molar-refractivity contribution in [1.29, 1.82) is 0 Å². The third kappa shape index (κ3) is 2.05. The Balaban J connectivity index is 2.53. The van der Waals surface area contributed by atoms with Crippen LogP contribution in [0.5, 0.6) is 0 Å². The van der Waals surface area contributed by atoms with Crippen molar-refractivity contribution in [1.82, 2.24) is 0 Å². The maximum absolute atomic E-state index is 12.3. The van der Waals surface area contributed by atoms with E-state index in [0.29, 0.717) is 6.42 Å². The van der Waals surface area contributed by atoms with E-state index in [4.69, 9.17) is 5.73 Å². The predicted molar refractivity (Wildman–Crippen MR) is 70.4 cm³/mol. The van der Waals surface area contributed by atoms with Gasteiger partial charge in [0.15, 0.2) is 5.78 Å². The Morgan fingerprint density at radius 2 is 1.82 bits per heavy atom. The van der Waals surface area contributed by atoms with Crippen molar-refractivity contribution in [3.8, 4) is 0 Å². The third-order valence-corrected chi connectivity index (χ3v) is 3.66. The number of nitrogens with two attached hydrogens (primary N) is 1. The van der Waals surface area contributed by atoms with Crippen molar-refractivity contribution in [2.75, 3.05) is 0 Å². The van der Waals surface area contributed by atoms with Gasteiger partial charge in [0, 0.05) is 18.0 Å². The molecular weight excluding hydrogens is 210 g/mol. The summed E-state index contributed by atoms with van der Waals surface area (Å²) in [5.41, 5.74) is 8.91. The minimum absolute atomic E-state index is 0.0459. The van der Waals surface area contributed by atoms with Gasteiger partial charge in [-0.2, -0.15) is 0 Å². The van der Waals surface area contributed by atoms with Crippen molar-refractivity contribution in [3.63, 3.8) is 0 Å². The maximum atomic E-state index is 12.3. The van der Waals surface area contributed by atoms with Gasteiger partial charge in [0.1, 0.15) is 0 Å². The first kappa shape index (κ1) is 12.1. The molecule has 1 aromatic carbocycles. The molecule has 1 aliphatic carbocycles. The van der Waals surface area contributed by atoms with Gasteiger partial charge < -0.3 is 5.73 Å². The highest BCUT2D eigenvalue weighted by Crippen LogP contribution is 2.39. The number of hydrogen-bond acceptors (Lipinski definition) is 2. The molecule has 1 unspecified atom stereocenters. The summed E-state index contributed by atoms with van der Waals surface area (Å²) < 4.78 is 0. The van der Waals surface area contributed by atoms with Crippen molar-refractivity contribution < 1.29 is 4.79 Å². The van der Waals surface area contributed by atoms with E-state index in [0.717, 1.165) is 16.7 Å². The Morgan fingerprint density at radius 1 is 1.24 bits per heavy atom. The van der Waals surface area contributed by atoms with Crippen LogP contribution in [-0.2, 0) is 4.79 Å². The first-order valence-electron chi connectivity index (χ1n) is 5.98. The summed E-state index contributed by atoms with van der Waals surface area (Å²) in [7, 11) is 0. The van der Waals surface area contributed by atoms with Crippen LogP contribution >= 0.6 is 0 Å². The van der Waals surface area contributed by atoms with Crippen LogP contribution in [0.1, 0.15) is 32.8 Å². The van der Waals surface area contributed by atoms with Gasteiger partial charge >= 0.3 is 0 Å². The zero-order valence-electron chi connectivity index (χ0n) is 10.7. The van der Waals surface area contributed by atoms with Crippen LogP contribution < -0.4 is 5.73 Å². The topological polar surface area (TPSA) is 43.1 Å². The van der Waals surface area contributed by atoms with E-state index < -0.39 is 0 Å². The molecule has 0 fully saturated rings. The Labute approximate surface area is 103 Å². The van der Waals surface area contributed by atoms with Crippen molar-refractivity contribution in [2.45, 2.75) is 33.2 Å². The van der Waals surface area contributed by atoms with Crippen molar-refractivity contribution in [2.24, 2.45) is 11.1 Å². The number of ketones is 1. The zero-order valence-corrected chi connectivity index (χ0v) is 10.7. The number of hydrogen-bond donors (Lipinski definition) is 1. The van der Waals surface area contributed by atoms with Crippen LogP contribution in [0.15, 0.2) is 35.9 Å². The third-order valence-electron chi connectivity index (χ3n) is 3.66. The fourth-order valence-electron chi connectivity index (χ4n) is 2.57. The van der Waals surface area contributed by atoms with Gasteiger partial charge in [-0.3, -0.25) is 4.79 Å². The van der Waals surface area contributed by atoms with E-state index in [-0.39, 0.29) is 17.2 Å². The highest BCUT2D eigenvalue weighted by atomic mass is 16.1. The Morgan fingerprint density at radius 3 is 2.41 bits per heavy atom. The second-order valence-electron chi connectivity index (χ2n) is 5.49. The van der Waals surface area contributed by atoms with Crippen molar-refractivity contribution in [3.05, 3.63) is 41.5 Å². The maximum Gasteiger partial charge on any atom is 0.164 e.